The van der Waals surface area contributed by atoms with E-state index in [0.717, 1.165) is 21.3 Å². The van der Waals surface area contributed by atoms with Gasteiger partial charge < -0.3 is 14.0 Å². The predicted octanol–water partition coefficient (Wildman–Crippen LogP) is 3.63. The first-order valence-corrected chi connectivity index (χ1v) is 9.74. The molecule has 3 aromatic rings. The monoisotopic (exact) mass is 398 g/mol. The molecule has 0 aliphatic heterocycles. The number of nitrogens with zero attached hydrogens (tertiary/aromatic N) is 2. The molecule has 0 N–H and O–H groups in total. The number of hydrogen-bond acceptors (Lipinski definition) is 5. The summed E-state index contributed by atoms with van der Waals surface area (Å²) in [6.07, 6.45) is 0. The van der Waals surface area contributed by atoms with Gasteiger partial charge >= 0.3 is 5.97 Å². The van der Waals surface area contributed by atoms with E-state index in [1.54, 1.807) is 4.57 Å². The number of hydrogen-bond donors (Lipinski definition) is 0. The van der Waals surface area contributed by atoms with E-state index in [1.807, 2.05) is 57.2 Å². The number of aryl methyl sites for hydroxylation is 2. The first-order valence-electron chi connectivity index (χ1n) is 8.93. The third kappa shape index (κ3) is 3.99. The van der Waals surface area contributed by atoms with Gasteiger partial charge in [-0.1, -0.05) is 35.1 Å². The Hall–Kier alpha value is -2.93. The van der Waals surface area contributed by atoms with Crippen molar-refractivity contribution < 1.29 is 19.1 Å². The standard InChI is InChI=1S/C21H22N2O4S/c1-5-27-16-7-6-8-17-19(16)23(12-18(24)26-4)21(28-17)22-20(25)15-11-13(2)9-10-14(15)3/h6-11H,5,12H2,1-4H3. The van der Waals surface area contributed by atoms with Crippen LogP contribution in [0.1, 0.15) is 28.4 Å². The molecule has 0 bridgehead atoms. The van der Waals surface area contributed by atoms with Crippen LogP contribution in [0, 0.1) is 13.8 Å². The molecular formula is C21H22N2O4S. The molecule has 0 unspecified atom stereocenters. The van der Waals surface area contributed by atoms with E-state index in [2.05, 4.69) is 4.99 Å². The maximum absolute atomic E-state index is 12.9. The number of benzene rings is 2. The second-order valence-electron chi connectivity index (χ2n) is 6.32. The number of carbonyl (C=O) groups is 2. The van der Waals surface area contributed by atoms with Crippen molar-refractivity contribution >= 4 is 33.4 Å². The van der Waals surface area contributed by atoms with Crippen molar-refractivity contribution in [1.29, 1.82) is 0 Å². The summed E-state index contributed by atoms with van der Waals surface area (Å²) in [7, 11) is 1.33. The van der Waals surface area contributed by atoms with Crippen molar-refractivity contribution in [2.75, 3.05) is 13.7 Å². The van der Waals surface area contributed by atoms with Gasteiger partial charge in [0.05, 0.1) is 18.4 Å². The summed E-state index contributed by atoms with van der Waals surface area (Å²) < 4.78 is 13.1. The van der Waals surface area contributed by atoms with Crippen LogP contribution in [0.5, 0.6) is 5.75 Å². The average molecular weight is 398 g/mol. The summed E-state index contributed by atoms with van der Waals surface area (Å²) in [5.74, 6) is -0.128. The van der Waals surface area contributed by atoms with Crippen LogP contribution in [-0.4, -0.2) is 30.2 Å². The summed E-state index contributed by atoms with van der Waals surface area (Å²) in [5.41, 5.74) is 3.12. The Morgan fingerprint density at radius 3 is 2.68 bits per heavy atom. The summed E-state index contributed by atoms with van der Waals surface area (Å²) >= 11 is 1.34. The van der Waals surface area contributed by atoms with Gasteiger partial charge in [0, 0.05) is 5.56 Å². The van der Waals surface area contributed by atoms with Gasteiger partial charge in [-0.25, -0.2) is 0 Å². The van der Waals surface area contributed by atoms with Gasteiger partial charge in [-0.05, 0) is 44.5 Å². The lowest BCUT2D eigenvalue weighted by Crippen LogP contribution is -2.23. The Kier molecular flexibility index (Phi) is 5.94. The Balaban J connectivity index is 2.21. The minimum absolute atomic E-state index is 0.0561. The van der Waals surface area contributed by atoms with Crippen LogP contribution in [0.2, 0.25) is 0 Å². The Labute approximate surface area is 167 Å². The summed E-state index contributed by atoms with van der Waals surface area (Å²) in [4.78, 5) is 29.6. The second kappa shape index (κ2) is 8.39. The minimum Gasteiger partial charge on any atom is -0.492 e. The highest BCUT2D eigenvalue weighted by molar-refractivity contribution is 7.16. The molecule has 28 heavy (non-hydrogen) atoms. The average Bonchev–Trinajstić information content (AvgIpc) is 3.01. The van der Waals surface area contributed by atoms with Crippen LogP contribution in [0.3, 0.4) is 0 Å². The number of ether oxygens (including phenoxy) is 2. The van der Waals surface area contributed by atoms with E-state index in [9.17, 15) is 9.59 Å². The third-order valence-electron chi connectivity index (χ3n) is 4.30. The fourth-order valence-electron chi connectivity index (χ4n) is 2.91. The maximum atomic E-state index is 12.9. The summed E-state index contributed by atoms with van der Waals surface area (Å²) in [5, 5.41) is 0. The molecule has 3 rings (SSSR count). The Morgan fingerprint density at radius 1 is 1.18 bits per heavy atom. The van der Waals surface area contributed by atoms with Crippen molar-refractivity contribution in [3.05, 3.63) is 57.9 Å². The van der Waals surface area contributed by atoms with E-state index >= 15 is 0 Å². The van der Waals surface area contributed by atoms with E-state index in [1.165, 1.54) is 18.4 Å². The van der Waals surface area contributed by atoms with Crippen LogP contribution in [0.4, 0.5) is 0 Å². The molecule has 0 aliphatic carbocycles. The highest BCUT2D eigenvalue weighted by Gasteiger charge is 2.16. The fraction of sp³-hybridized carbons (Fsp3) is 0.286. The molecule has 1 heterocycles. The van der Waals surface area contributed by atoms with Gasteiger partial charge in [-0.2, -0.15) is 4.99 Å². The quantitative estimate of drug-likeness (QED) is 0.616. The number of amides is 1. The summed E-state index contributed by atoms with van der Waals surface area (Å²) in [6.45, 7) is 6.13. The molecule has 0 spiro atoms. The van der Waals surface area contributed by atoms with Crippen LogP contribution >= 0.6 is 11.3 Å². The molecule has 0 fully saturated rings. The van der Waals surface area contributed by atoms with Crippen LogP contribution in [0.15, 0.2) is 41.4 Å². The van der Waals surface area contributed by atoms with Crippen LogP contribution < -0.4 is 9.54 Å². The lowest BCUT2D eigenvalue weighted by molar-refractivity contribution is -0.141. The number of fused-ring (bicyclic) bond motifs is 1. The van der Waals surface area contributed by atoms with Gasteiger partial charge in [-0.15, -0.1) is 0 Å². The normalized spacial score (nSPS) is 11.6. The first-order chi connectivity index (χ1) is 13.4. The van der Waals surface area contributed by atoms with Crippen molar-refractivity contribution in [1.82, 2.24) is 4.57 Å². The topological polar surface area (TPSA) is 69.9 Å². The molecule has 0 aliphatic rings. The van der Waals surface area contributed by atoms with E-state index in [-0.39, 0.29) is 12.5 Å². The summed E-state index contributed by atoms with van der Waals surface area (Å²) in [6, 6.07) is 11.3. The van der Waals surface area contributed by atoms with Crippen molar-refractivity contribution in [2.24, 2.45) is 4.99 Å². The fourth-order valence-corrected chi connectivity index (χ4v) is 3.95. The number of rotatable bonds is 5. The smallest absolute Gasteiger partial charge is 0.325 e. The molecule has 0 saturated carbocycles. The number of methoxy groups -OCH3 is 1. The maximum Gasteiger partial charge on any atom is 0.325 e. The molecule has 7 heteroatoms. The SMILES string of the molecule is CCOc1cccc2sc(=NC(=O)c3cc(C)ccc3C)n(CC(=O)OC)c12. The Morgan fingerprint density at radius 2 is 1.96 bits per heavy atom. The molecule has 146 valence electrons. The largest absolute Gasteiger partial charge is 0.492 e. The zero-order valence-electron chi connectivity index (χ0n) is 16.3. The minimum atomic E-state index is -0.424. The number of esters is 1. The predicted molar refractivity (Wildman–Crippen MR) is 109 cm³/mol. The zero-order chi connectivity index (χ0) is 20.3. The van der Waals surface area contributed by atoms with E-state index in [0.29, 0.717) is 22.7 Å². The zero-order valence-corrected chi connectivity index (χ0v) is 17.1. The van der Waals surface area contributed by atoms with Crippen molar-refractivity contribution in [3.8, 4) is 5.75 Å². The molecule has 0 radical (unpaired) electrons. The molecule has 1 aromatic heterocycles. The van der Waals surface area contributed by atoms with Crippen LogP contribution in [0.25, 0.3) is 10.2 Å². The van der Waals surface area contributed by atoms with Gasteiger partial charge in [0.2, 0.25) is 0 Å². The number of aromatic nitrogens is 1. The van der Waals surface area contributed by atoms with E-state index < -0.39 is 5.97 Å². The van der Waals surface area contributed by atoms with Gasteiger partial charge in [-0.3, -0.25) is 9.59 Å². The highest BCUT2D eigenvalue weighted by atomic mass is 32.1. The van der Waals surface area contributed by atoms with Gasteiger partial charge in [0.25, 0.3) is 5.91 Å². The Bertz CT molecular complexity index is 1110. The highest BCUT2D eigenvalue weighted by Crippen LogP contribution is 2.27. The molecule has 6 nitrogen and oxygen atoms in total. The van der Waals surface area contributed by atoms with Crippen molar-refractivity contribution in [2.45, 2.75) is 27.3 Å². The molecule has 1 amide bonds. The van der Waals surface area contributed by atoms with Gasteiger partial charge in [0.1, 0.15) is 17.8 Å². The van der Waals surface area contributed by atoms with Gasteiger partial charge in [0.15, 0.2) is 4.80 Å². The van der Waals surface area contributed by atoms with E-state index in [4.69, 9.17) is 9.47 Å². The number of para-hydroxylation sites is 1. The van der Waals surface area contributed by atoms with Crippen LogP contribution in [-0.2, 0) is 16.1 Å². The number of thiazole rings is 1. The molecule has 0 atom stereocenters. The first kappa shape index (κ1) is 19.8. The molecule has 2 aromatic carbocycles. The molecular weight excluding hydrogens is 376 g/mol. The van der Waals surface area contributed by atoms with Crippen molar-refractivity contribution in [3.63, 3.8) is 0 Å². The molecule has 0 saturated heterocycles. The lowest BCUT2D eigenvalue weighted by Gasteiger charge is -2.09. The lowest BCUT2D eigenvalue weighted by atomic mass is 10.1. The second-order valence-corrected chi connectivity index (χ2v) is 7.33. The number of carbonyl (C=O) groups excluding carboxylic acids is 2. The third-order valence-corrected chi connectivity index (χ3v) is 5.34.